The quantitative estimate of drug-likeness (QED) is 0.114. The van der Waals surface area contributed by atoms with Crippen molar-refractivity contribution in [1.82, 2.24) is 10.4 Å². The second kappa shape index (κ2) is 11.0. The Labute approximate surface area is 227 Å². The zero-order chi connectivity index (χ0) is 27.4. The summed E-state index contributed by atoms with van der Waals surface area (Å²) in [5.74, 6) is -0.668. The Morgan fingerprint density at radius 1 is 1.08 bits per heavy atom. The lowest BCUT2D eigenvalue weighted by Gasteiger charge is -2.09. The molecular weight excluding hydrogens is 520 g/mol. The third kappa shape index (κ3) is 5.09. The first kappa shape index (κ1) is 25.3. The van der Waals surface area contributed by atoms with Crippen LogP contribution in [0.5, 0.6) is 11.5 Å². The molecule has 0 saturated carbocycles. The van der Waals surface area contributed by atoms with Gasteiger partial charge in [0.1, 0.15) is 11.8 Å². The number of carbonyl (C=O) groups is 2. The second-order valence-electron chi connectivity index (χ2n) is 8.17. The van der Waals surface area contributed by atoms with Gasteiger partial charge in [-0.25, -0.2) is 10.2 Å². The Morgan fingerprint density at radius 2 is 1.92 bits per heavy atom. The first-order valence-electron chi connectivity index (χ1n) is 11.6. The molecule has 0 saturated heterocycles. The average molecular weight is 539 g/mol. The van der Waals surface area contributed by atoms with Gasteiger partial charge in [0.2, 0.25) is 5.76 Å². The van der Waals surface area contributed by atoms with Gasteiger partial charge < -0.3 is 18.9 Å². The third-order valence-corrected chi connectivity index (χ3v) is 6.15. The molecule has 192 valence electrons. The van der Waals surface area contributed by atoms with Gasteiger partial charge in [-0.1, -0.05) is 41.9 Å². The van der Waals surface area contributed by atoms with Gasteiger partial charge in [0, 0.05) is 21.5 Å². The van der Waals surface area contributed by atoms with Gasteiger partial charge in [0.25, 0.3) is 5.91 Å². The monoisotopic (exact) mass is 538 g/mol. The van der Waals surface area contributed by atoms with Crippen LogP contribution < -0.4 is 14.9 Å². The summed E-state index contributed by atoms with van der Waals surface area (Å²) >= 11 is 6.46. The molecule has 0 fully saturated rings. The molecule has 0 atom stereocenters. The number of halogens is 1. The molecule has 0 aliphatic carbocycles. The molecule has 3 aromatic carbocycles. The van der Waals surface area contributed by atoms with E-state index in [0.29, 0.717) is 38.2 Å². The van der Waals surface area contributed by atoms with Crippen LogP contribution >= 0.6 is 11.6 Å². The highest BCUT2D eigenvalue weighted by molar-refractivity contribution is 6.34. The number of aromatic nitrogens is 1. The van der Waals surface area contributed by atoms with E-state index >= 15 is 0 Å². The minimum absolute atomic E-state index is 0.0560. The van der Waals surface area contributed by atoms with E-state index in [2.05, 4.69) is 21.6 Å². The highest BCUT2D eigenvalue weighted by Crippen LogP contribution is 2.37. The van der Waals surface area contributed by atoms with Crippen LogP contribution in [-0.2, 0) is 0 Å². The van der Waals surface area contributed by atoms with Crippen molar-refractivity contribution in [2.75, 3.05) is 7.11 Å². The molecule has 5 rings (SSSR count). The van der Waals surface area contributed by atoms with E-state index in [0.717, 1.165) is 0 Å². The molecule has 0 aliphatic rings. The highest BCUT2D eigenvalue weighted by Gasteiger charge is 2.22. The Kier molecular flexibility index (Phi) is 7.12. The summed E-state index contributed by atoms with van der Waals surface area (Å²) in [4.78, 5) is 28.5. The molecule has 0 bridgehead atoms. The number of aromatic amines is 1. The Bertz CT molecular complexity index is 1770. The van der Waals surface area contributed by atoms with Gasteiger partial charge in [-0.2, -0.15) is 10.4 Å². The van der Waals surface area contributed by atoms with Gasteiger partial charge in [0.15, 0.2) is 11.5 Å². The number of nitrogens with one attached hydrogen (secondary N) is 2. The van der Waals surface area contributed by atoms with Gasteiger partial charge >= 0.3 is 5.97 Å². The van der Waals surface area contributed by atoms with E-state index in [1.54, 1.807) is 54.6 Å². The Morgan fingerprint density at radius 3 is 2.67 bits per heavy atom. The molecule has 9 nitrogen and oxygen atoms in total. The van der Waals surface area contributed by atoms with Crippen LogP contribution in [0.1, 0.15) is 32.2 Å². The molecule has 2 heterocycles. The summed E-state index contributed by atoms with van der Waals surface area (Å²) in [6, 6.07) is 22.4. The fourth-order valence-corrected chi connectivity index (χ4v) is 4.27. The van der Waals surface area contributed by atoms with Crippen LogP contribution in [0, 0.1) is 11.3 Å². The van der Waals surface area contributed by atoms with E-state index in [-0.39, 0.29) is 23.0 Å². The Hall–Kier alpha value is -5.33. The maximum absolute atomic E-state index is 13.2. The minimum atomic E-state index is -0.667. The lowest BCUT2D eigenvalue weighted by molar-refractivity contribution is 0.0696. The van der Waals surface area contributed by atoms with Crippen molar-refractivity contribution in [2.45, 2.75) is 0 Å². The fraction of sp³-hybridized carbons (Fsp3) is 0.0345. The number of nitrogens with zero attached hydrogens (tertiary/aromatic N) is 2. The number of methoxy groups -OCH3 is 1. The summed E-state index contributed by atoms with van der Waals surface area (Å²) in [6.45, 7) is 0. The molecule has 1 amide bonds. The highest BCUT2D eigenvalue weighted by atomic mass is 35.5. The summed E-state index contributed by atoms with van der Waals surface area (Å²) in [5.41, 5.74) is 5.40. The molecular formula is C29H19ClN4O5. The summed E-state index contributed by atoms with van der Waals surface area (Å²) < 4.78 is 15.7. The van der Waals surface area contributed by atoms with E-state index in [1.807, 2.05) is 12.1 Å². The number of fused-ring (bicyclic) bond motifs is 1. The van der Waals surface area contributed by atoms with Gasteiger partial charge in [-0.15, -0.1) is 0 Å². The molecule has 5 aromatic rings. The third-order valence-electron chi connectivity index (χ3n) is 5.82. The van der Waals surface area contributed by atoms with Crippen molar-refractivity contribution in [3.63, 3.8) is 0 Å². The average Bonchev–Trinajstić information content (AvgIpc) is 3.63. The molecule has 0 aliphatic heterocycles. The first-order chi connectivity index (χ1) is 19.0. The lowest BCUT2D eigenvalue weighted by Crippen LogP contribution is -2.19. The number of amides is 1. The van der Waals surface area contributed by atoms with Crippen molar-refractivity contribution in [2.24, 2.45) is 5.10 Å². The van der Waals surface area contributed by atoms with E-state index in [4.69, 9.17) is 25.5 Å². The number of ether oxygens (including phenoxy) is 2. The zero-order valence-electron chi connectivity index (χ0n) is 20.4. The zero-order valence-corrected chi connectivity index (χ0v) is 21.2. The molecule has 2 N–H and O–H groups in total. The molecule has 0 unspecified atom stereocenters. The number of benzene rings is 3. The Balaban J connectivity index is 1.40. The molecule has 10 heteroatoms. The largest absolute Gasteiger partial charge is 0.493 e. The fourth-order valence-electron chi connectivity index (χ4n) is 4.04. The van der Waals surface area contributed by atoms with Gasteiger partial charge in [-0.3, -0.25) is 4.79 Å². The van der Waals surface area contributed by atoms with Crippen molar-refractivity contribution in [3.05, 3.63) is 107 Å². The SMILES string of the molecule is COc1cc(C=NNC(=O)c2[nH]c3c(C#N)cccc3c2-c2ccccc2Cl)ccc1OC(=O)c1ccco1. The minimum Gasteiger partial charge on any atom is -0.493 e. The molecule has 2 aromatic heterocycles. The first-order valence-corrected chi connectivity index (χ1v) is 11.9. The molecule has 0 radical (unpaired) electrons. The van der Waals surface area contributed by atoms with E-state index in [1.165, 1.54) is 25.7 Å². The van der Waals surface area contributed by atoms with Gasteiger partial charge in [-0.05, 0) is 48.0 Å². The number of furan rings is 1. The number of rotatable bonds is 7. The predicted octanol–water partition coefficient (Wildman–Crippen LogP) is 5.94. The van der Waals surface area contributed by atoms with Crippen LogP contribution in [0.25, 0.3) is 22.0 Å². The van der Waals surface area contributed by atoms with Crippen LogP contribution in [0.15, 0.2) is 88.6 Å². The predicted molar refractivity (Wildman–Crippen MR) is 145 cm³/mol. The van der Waals surface area contributed by atoms with Gasteiger partial charge in [0.05, 0.1) is 30.7 Å². The smallest absolute Gasteiger partial charge is 0.379 e. The number of nitriles is 1. The number of carbonyl (C=O) groups excluding carboxylic acids is 2. The topological polar surface area (TPSA) is 130 Å². The standard InChI is InChI=1S/C29H19ClN4O5/c1-37-24-14-17(11-12-22(24)39-29(36)23-10-5-13-38-23)16-32-34-28(35)27-25(19-7-2-3-9-21(19)30)20-8-4-6-18(15-31)26(20)33-27/h2-14,16,33H,1H3,(H,34,35). The number of hydrogen-bond donors (Lipinski definition) is 2. The van der Waals surface area contributed by atoms with Crippen molar-refractivity contribution >= 4 is 40.6 Å². The molecule has 39 heavy (non-hydrogen) atoms. The molecule has 0 spiro atoms. The van der Waals surface area contributed by atoms with Crippen molar-refractivity contribution < 1.29 is 23.5 Å². The van der Waals surface area contributed by atoms with Crippen LogP contribution in [0.2, 0.25) is 5.02 Å². The normalized spacial score (nSPS) is 10.9. The number of hydrogen-bond acceptors (Lipinski definition) is 7. The van der Waals surface area contributed by atoms with E-state index < -0.39 is 11.9 Å². The van der Waals surface area contributed by atoms with Crippen molar-refractivity contribution in [3.8, 4) is 28.7 Å². The van der Waals surface area contributed by atoms with E-state index in [9.17, 15) is 14.9 Å². The van der Waals surface area contributed by atoms with Crippen LogP contribution in [-0.4, -0.2) is 30.2 Å². The van der Waals surface area contributed by atoms with Crippen molar-refractivity contribution in [1.29, 1.82) is 5.26 Å². The second-order valence-corrected chi connectivity index (χ2v) is 8.58. The summed E-state index contributed by atoms with van der Waals surface area (Å²) in [6.07, 6.45) is 2.79. The lowest BCUT2D eigenvalue weighted by atomic mass is 10.0. The number of para-hydroxylation sites is 1. The maximum Gasteiger partial charge on any atom is 0.379 e. The summed E-state index contributed by atoms with van der Waals surface area (Å²) in [7, 11) is 1.43. The summed E-state index contributed by atoms with van der Waals surface area (Å²) in [5, 5.41) is 14.8. The number of hydrazone groups is 1. The maximum atomic E-state index is 13.2. The number of esters is 1. The van der Waals surface area contributed by atoms with Crippen LogP contribution in [0.4, 0.5) is 0 Å². The number of H-pyrrole nitrogens is 1. The van der Waals surface area contributed by atoms with Crippen LogP contribution in [0.3, 0.4) is 0 Å².